The van der Waals surface area contributed by atoms with E-state index in [1.807, 2.05) is 31.2 Å². The van der Waals surface area contributed by atoms with Gasteiger partial charge < -0.3 is 5.11 Å². The van der Waals surface area contributed by atoms with Gasteiger partial charge in [0.1, 0.15) is 11.5 Å². The Morgan fingerprint density at radius 3 is 2.50 bits per heavy atom. The molecule has 1 heterocycles. The summed E-state index contributed by atoms with van der Waals surface area (Å²) in [6.07, 6.45) is 0. The molecule has 0 atom stereocenters. The first-order valence-electron chi connectivity index (χ1n) is 7.02. The highest BCUT2D eigenvalue weighted by Gasteiger charge is 2.15. The Kier molecular flexibility index (Phi) is 3.98. The van der Waals surface area contributed by atoms with E-state index < -0.39 is 0 Å². The predicted octanol–water partition coefficient (Wildman–Crippen LogP) is 2.93. The van der Waals surface area contributed by atoms with E-state index in [0.717, 1.165) is 11.1 Å². The van der Waals surface area contributed by atoms with Gasteiger partial charge in [0.2, 0.25) is 0 Å². The number of hydrogen-bond acceptors (Lipinski definition) is 3. The van der Waals surface area contributed by atoms with E-state index in [-0.39, 0.29) is 19.0 Å². The first kappa shape index (κ1) is 14.4. The van der Waals surface area contributed by atoms with Gasteiger partial charge in [-0.3, -0.25) is 0 Å². The molecule has 3 rings (SSSR count). The smallest absolute Gasteiger partial charge is 0.128 e. The quantitative estimate of drug-likeness (QED) is 0.805. The van der Waals surface area contributed by atoms with Gasteiger partial charge in [0.05, 0.1) is 18.8 Å². The van der Waals surface area contributed by atoms with Crippen LogP contribution in [0.4, 0.5) is 4.39 Å². The molecule has 3 aromatic rings. The first-order chi connectivity index (χ1) is 10.7. The van der Waals surface area contributed by atoms with Crippen molar-refractivity contribution in [3.63, 3.8) is 0 Å². The van der Waals surface area contributed by atoms with Gasteiger partial charge in [0.15, 0.2) is 0 Å². The highest BCUT2D eigenvalue weighted by atomic mass is 19.1. The molecule has 5 heteroatoms. The van der Waals surface area contributed by atoms with Gasteiger partial charge >= 0.3 is 0 Å². The fourth-order valence-corrected chi connectivity index (χ4v) is 2.38. The van der Waals surface area contributed by atoms with Crippen molar-refractivity contribution in [2.45, 2.75) is 20.1 Å². The van der Waals surface area contributed by atoms with Crippen LogP contribution in [0.3, 0.4) is 0 Å². The molecule has 0 saturated heterocycles. The molecule has 112 valence electrons. The fraction of sp³-hybridized carbons (Fsp3) is 0.176. The molecule has 0 fully saturated rings. The molecule has 2 aromatic carbocycles. The standard InChI is InChI=1S/C17H16FN3O/c1-12-6-8-13(9-7-12)17-16(11-22)19-20-21(17)10-14-4-2-3-5-15(14)18/h2-9,22H,10-11H2,1H3. The van der Waals surface area contributed by atoms with Crippen LogP contribution in [0.1, 0.15) is 16.8 Å². The van der Waals surface area contributed by atoms with Crippen LogP contribution in [-0.2, 0) is 13.2 Å². The zero-order valence-corrected chi connectivity index (χ0v) is 12.2. The zero-order valence-electron chi connectivity index (χ0n) is 12.2. The van der Waals surface area contributed by atoms with Crippen LogP contribution < -0.4 is 0 Å². The summed E-state index contributed by atoms with van der Waals surface area (Å²) in [5, 5.41) is 17.5. The monoisotopic (exact) mass is 297 g/mol. The maximum absolute atomic E-state index is 13.8. The highest BCUT2D eigenvalue weighted by molar-refractivity contribution is 5.62. The molecule has 0 unspecified atom stereocenters. The molecule has 1 N–H and O–H groups in total. The van der Waals surface area contributed by atoms with Crippen molar-refractivity contribution >= 4 is 0 Å². The van der Waals surface area contributed by atoms with E-state index in [4.69, 9.17) is 0 Å². The van der Waals surface area contributed by atoms with E-state index in [2.05, 4.69) is 10.3 Å². The van der Waals surface area contributed by atoms with Crippen LogP contribution in [0.15, 0.2) is 48.5 Å². The normalized spacial score (nSPS) is 10.9. The number of aryl methyl sites for hydroxylation is 1. The van der Waals surface area contributed by atoms with E-state index in [0.29, 0.717) is 17.0 Å². The Labute approximate surface area is 127 Å². The Balaban J connectivity index is 2.04. The second-order valence-electron chi connectivity index (χ2n) is 5.16. The summed E-state index contributed by atoms with van der Waals surface area (Å²) >= 11 is 0. The largest absolute Gasteiger partial charge is 0.390 e. The van der Waals surface area contributed by atoms with Gasteiger partial charge in [-0.1, -0.05) is 53.2 Å². The minimum absolute atomic E-state index is 0.208. The summed E-state index contributed by atoms with van der Waals surface area (Å²) in [5.41, 5.74) is 3.77. The number of halogens is 1. The average molecular weight is 297 g/mol. The average Bonchev–Trinajstić information content (AvgIpc) is 2.93. The second-order valence-corrected chi connectivity index (χ2v) is 5.16. The number of hydrogen-bond donors (Lipinski definition) is 1. The minimum Gasteiger partial charge on any atom is -0.390 e. The fourth-order valence-electron chi connectivity index (χ4n) is 2.38. The van der Waals surface area contributed by atoms with Crippen molar-refractivity contribution < 1.29 is 9.50 Å². The third kappa shape index (κ3) is 2.76. The van der Waals surface area contributed by atoms with Crippen LogP contribution in [0.2, 0.25) is 0 Å². The van der Waals surface area contributed by atoms with Gasteiger partial charge in [-0.05, 0) is 13.0 Å². The van der Waals surface area contributed by atoms with Crippen molar-refractivity contribution in [1.29, 1.82) is 0 Å². The number of aliphatic hydroxyl groups is 1. The molecule has 0 aliphatic carbocycles. The van der Waals surface area contributed by atoms with Crippen molar-refractivity contribution in [1.82, 2.24) is 15.0 Å². The van der Waals surface area contributed by atoms with Gasteiger partial charge in [-0.15, -0.1) is 5.10 Å². The maximum atomic E-state index is 13.8. The minimum atomic E-state index is -0.279. The molecule has 0 amide bonds. The third-order valence-corrected chi connectivity index (χ3v) is 3.56. The van der Waals surface area contributed by atoms with Crippen LogP contribution >= 0.6 is 0 Å². The number of nitrogens with zero attached hydrogens (tertiary/aromatic N) is 3. The highest BCUT2D eigenvalue weighted by Crippen LogP contribution is 2.24. The summed E-state index contributed by atoms with van der Waals surface area (Å²) in [5.74, 6) is -0.279. The Morgan fingerprint density at radius 2 is 1.82 bits per heavy atom. The number of aliphatic hydroxyl groups excluding tert-OH is 1. The molecule has 0 aliphatic heterocycles. The molecule has 0 saturated carbocycles. The predicted molar refractivity (Wildman–Crippen MR) is 81.6 cm³/mol. The Morgan fingerprint density at radius 1 is 1.09 bits per heavy atom. The van der Waals surface area contributed by atoms with Gasteiger partial charge in [0, 0.05) is 11.1 Å². The molecule has 4 nitrogen and oxygen atoms in total. The topological polar surface area (TPSA) is 50.9 Å². The van der Waals surface area contributed by atoms with E-state index in [1.54, 1.807) is 22.9 Å². The first-order valence-corrected chi connectivity index (χ1v) is 7.02. The van der Waals surface area contributed by atoms with Crippen molar-refractivity contribution in [2.24, 2.45) is 0 Å². The van der Waals surface area contributed by atoms with Gasteiger partial charge in [-0.25, -0.2) is 9.07 Å². The molecular formula is C17H16FN3O. The lowest BCUT2D eigenvalue weighted by molar-refractivity contribution is 0.277. The maximum Gasteiger partial charge on any atom is 0.128 e. The van der Waals surface area contributed by atoms with Gasteiger partial charge in [0.25, 0.3) is 0 Å². The summed E-state index contributed by atoms with van der Waals surface area (Å²) in [7, 11) is 0. The number of aromatic nitrogens is 3. The lowest BCUT2D eigenvalue weighted by Gasteiger charge is -2.09. The Bertz CT molecular complexity index is 781. The molecular weight excluding hydrogens is 281 g/mol. The lowest BCUT2D eigenvalue weighted by Crippen LogP contribution is -2.06. The molecule has 0 spiro atoms. The van der Waals surface area contributed by atoms with Crippen molar-refractivity contribution in [3.05, 3.63) is 71.2 Å². The number of benzene rings is 2. The van der Waals surface area contributed by atoms with E-state index in [1.165, 1.54) is 6.07 Å². The van der Waals surface area contributed by atoms with E-state index in [9.17, 15) is 9.50 Å². The summed E-state index contributed by atoms with van der Waals surface area (Å²) < 4.78 is 15.5. The SMILES string of the molecule is Cc1ccc(-c2c(CO)nnn2Cc2ccccc2F)cc1. The van der Waals surface area contributed by atoms with Crippen LogP contribution in [-0.4, -0.2) is 20.1 Å². The number of rotatable bonds is 4. The summed E-state index contributed by atoms with van der Waals surface area (Å²) in [6, 6.07) is 14.4. The zero-order chi connectivity index (χ0) is 15.5. The van der Waals surface area contributed by atoms with Crippen LogP contribution in [0, 0.1) is 12.7 Å². The van der Waals surface area contributed by atoms with Crippen molar-refractivity contribution in [2.75, 3.05) is 0 Å². The van der Waals surface area contributed by atoms with E-state index >= 15 is 0 Å². The second kappa shape index (κ2) is 6.07. The molecule has 0 aliphatic rings. The molecule has 0 bridgehead atoms. The third-order valence-electron chi connectivity index (χ3n) is 3.56. The summed E-state index contributed by atoms with van der Waals surface area (Å²) in [4.78, 5) is 0. The van der Waals surface area contributed by atoms with Crippen LogP contribution in [0.5, 0.6) is 0 Å². The van der Waals surface area contributed by atoms with Crippen molar-refractivity contribution in [3.8, 4) is 11.3 Å². The Hall–Kier alpha value is -2.53. The molecule has 22 heavy (non-hydrogen) atoms. The lowest BCUT2D eigenvalue weighted by atomic mass is 10.1. The molecule has 0 radical (unpaired) electrons. The van der Waals surface area contributed by atoms with Gasteiger partial charge in [-0.2, -0.15) is 0 Å². The summed E-state index contributed by atoms with van der Waals surface area (Å²) in [6.45, 7) is 2.06. The molecule has 1 aromatic heterocycles. The van der Waals surface area contributed by atoms with Crippen LogP contribution in [0.25, 0.3) is 11.3 Å².